The Morgan fingerprint density at radius 1 is 0.306 bits per heavy atom. The highest BCUT2D eigenvalue weighted by Crippen LogP contribution is 2.41. The molecule has 10 aromatic carbocycles. The lowest BCUT2D eigenvalue weighted by Gasteiger charge is -2.16. The van der Waals surface area contributed by atoms with E-state index in [2.05, 4.69) is 199 Å². The molecule has 0 N–H and O–H groups in total. The van der Waals surface area contributed by atoms with Gasteiger partial charge in [0.15, 0.2) is 17.5 Å². The molecule has 0 radical (unpaired) electrons. The Morgan fingerprint density at radius 3 is 1.56 bits per heavy atom. The average molecular weight is 791 g/mol. The van der Waals surface area contributed by atoms with Crippen molar-refractivity contribution in [2.45, 2.75) is 0 Å². The van der Waals surface area contributed by atoms with E-state index in [0.717, 1.165) is 88.0 Å². The van der Waals surface area contributed by atoms with Crippen LogP contribution in [0.15, 0.2) is 211 Å². The second kappa shape index (κ2) is 13.6. The third kappa shape index (κ3) is 5.38. The molecule has 0 aliphatic carbocycles. The predicted octanol–water partition coefficient (Wildman–Crippen LogP) is 15.0. The third-order valence-electron chi connectivity index (χ3n) is 12.4. The second-order valence-corrected chi connectivity index (χ2v) is 16.0. The highest BCUT2D eigenvalue weighted by molar-refractivity contribution is 6.14. The molecule has 0 atom stereocenters. The Morgan fingerprint density at radius 2 is 0.855 bits per heavy atom. The van der Waals surface area contributed by atoms with E-state index in [1.165, 1.54) is 21.5 Å². The smallest absolute Gasteiger partial charge is 0.164 e. The molecule has 0 fully saturated rings. The van der Waals surface area contributed by atoms with Crippen LogP contribution in [0.2, 0.25) is 0 Å². The topological polar surface area (TPSA) is 56.7 Å². The van der Waals surface area contributed by atoms with Crippen LogP contribution in [0.25, 0.3) is 127 Å². The molecule has 62 heavy (non-hydrogen) atoms. The Bertz CT molecular complexity index is 3840. The van der Waals surface area contributed by atoms with Gasteiger partial charge in [-0.1, -0.05) is 152 Å². The second-order valence-electron chi connectivity index (χ2n) is 16.0. The molecule has 3 aromatic heterocycles. The van der Waals surface area contributed by atoms with E-state index < -0.39 is 0 Å². The molecule has 13 aromatic rings. The standard InChI is InChI=1S/C57H34N4O/c1-2-16-38-33-52-49(31-37(38)15-1)43-21-7-9-25-51(43)61(52)40-28-29-47(48(34-40)39-27-30-54-50(32-39)44-22-8-10-26-53(44)62-54)57-59-55(45-23-11-17-35-13-3-5-19-41(35)45)58-56(60-57)46-24-12-18-36-14-4-6-20-42(36)46/h1-34H. The molecule has 13 rings (SSSR count). The van der Waals surface area contributed by atoms with Crippen LogP contribution in [0.4, 0.5) is 0 Å². The molecule has 0 saturated carbocycles. The van der Waals surface area contributed by atoms with Gasteiger partial charge in [-0.05, 0) is 98.0 Å². The molecule has 0 bridgehead atoms. The number of furan rings is 1. The van der Waals surface area contributed by atoms with Crippen molar-refractivity contribution in [3.05, 3.63) is 206 Å². The molecule has 0 spiro atoms. The van der Waals surface area contributed by atoms with Crippen molar-refractivity contribution in [1.29, 1.82) is 0 Å². The van der Waals surface area contributed by atoms with Crippen LogP contribution < -0.4 is 0 Å². The van der Waals surface area contributed by atoms with Gasteiger partial charge in [-0.25, -0.2) is 15.0 Å². The van der Waals surface area contributed by atoms with Crippen molar-refractivity contribution in [2.24, 2.45) is 0 Å². The Kier molecular flexibility index (Phi) is 7.54. The average Bonchev–Trinajstić information content (AvgIpc) is 3.87. The lowest BCUT2D eigenvalue weighted by molar-refractivity contribution is 0.669. The summed E-state index contributed by atoms with van der Waals surface area (Å²) in [5.74, 6) is 1.84. The maximum Gasteiger partial charge on any atom is 0.164 e. The van der Waals surface area contributed by atoms with E-state index in [-0.39, 0.29) is 0 Å². The molecule has 288 valence electrons. The number of benzene rings is 10. The van der Waals surface area contributed by atoms with Crippen molar-refractivity contribution < 1.29 is 4.42 Å². The first-order valence-corrected chi connectivity index (χ1v) is 20.9. The summed E-state index contributed by atoms with van der Waals surface area (Å²) in [6.45, 7) is 0. The van der Waals surface area contributed by atoms with Gasteiger partial charge in [-0.2, -0.15) is 0 Å². The maximum absolute atomic E-state index is 6.33. The zero-order valence-electron chi connectivity index (χ0n) is 33.3. The van der Waals surface area contributed by atoms with Crippen LogP contribution in [0.1, 0.15) is 0 Å². The van der Waals surface area contributed by atoms with Gasteiger partial charge < -0.3 is 8.98 Å². The van der Waals surface area contributed by atoms with Gasteiger partial charge in [0.25, 0.3) is 0 Å². The minimum Gasteiger partial charge on any atom is -0.456 e. The van der Waals surface area contributed by atoms with Gasteiger partial charge in [-0.15, -0.1) is 0 Å². The van der Waals surface area contributed by atoms with Gasteiger partial charge in [-0.3, -0.25) is 0 Å². The molecular formula is C57H34N4O. The molecule has 0 aliphatic rings. The number of rotatable bonds is 5. The molecule has 0 aliphatic heterocycles. The Hall–Kier alpha value is -8.41. The first kappa shape index (κ1) is 34.5. The highest BCUT2D eigenvalue weighted by Gasteiger charge is 2.21. The fourth-order valence-corrected chi connectivity index (χ4v) is 9.51. The number of hydrogen-bond acceptors (Lipinski definition) is 4. The van der Waals surface area contributed by atoms with Crippen LogP contribution in [0.3, 0.4) is 0 Å². The Balaban J connectivity index is 1.11. The minimum absolute atomic E-state index is 0.595. The van der Waals surface area contributed by atoms with E-state index >= 15 is 0 Å². The van der Waals surface area contributed by atoms with Crippen molar-refractivity contribution in [3.63, 3.8) is 0 Å². The number of fused-ring (bicyclic) bond motifs is 9. The molecule has 0 unspecified atom stereocenters. The number of aromatic nitrogens is 4. The summed E-state index contributed by atoms with van der Waals surface area (Å²) in [7, 11) is 0. The molecule has 5 heteroatoms. The summed E-state index contributed by atoms with van der Waals surface area (Å²) in [6.07, 6.45) is 0. The van der Waals surface area contributed by atoms with Gasteiger partial charge in [0.05, 0.1) is 11.0 Å². The maximum atomic E-state index is 6.33. The van der Waals surface area contributed by atoms with Gasteiger partial charge in [0.2, 0.25) is 0 Å². The van der Waals surface area contributed by atoms with E-state index in [9.17, 15) is 0 Å². The van der Waals surface area contributed by atoms with Crippen LogP contribution in [0, 0.1) is 0 Å². The van der Waals surface area contributed by atoms with E-state index in [1.807, 2.05) is 12.1 Å². The van der Waals surface area contributed by atoms with Crippen molar-refractivity contribution in [2.75, 3.05) is 0 Å². The largest absolute Gasteiger partial charge is 0.456 e. The van der Waals surface area contributed by atoms with Crippen LogP contribution >= 0.6 is 0 Å². The third-order valence-corrected chi connectivity index (χ3v) is 12.4. The monoisotopic (exact) mass is 790 g/mol. The highest BCUT2D eigenvalue weighted by atomic mass is 16.3. The number of para-hydroxylation sites is 2. The first-order valence-electron chi connectivity index (χ1n) is 20.9. The lowest BCUT2D eigenvalue weighted by Crippen LogP contribution is -2.03. The van der Waals surface area contributed by atoms with Crippen LogP contribution in [-0.2, 0) is 0 Å². The normalized spacial score (nSPS) is 11.9. The summed E-state index contributed by atoms with van der Waals surface area (Å²) < 4.78 is 8.73. The SMILES string of the molecule is c1ccc2cc3c(cc2c1)c1ccccc1n3-c1ccc(-c2nc(-c3cccc4ccccc34)nc(-c3cccc4ccccc34)n2)c(-c2ccc3oc4ccccc4c3c2)c1. The molecule has 0 amide bonds. The van der Waals surface area contributed by atoms with Crippen molar-refractivity contribution >= 4 is 76.1 Å². The molecular weight excluding hydrogens is 757 g/mol. The molecule has 0 saturated heterocycles. The molecule has 5 nitrogen and oxygen atoms in total. The van der Waals surface area contributed by atoms with Crippen molar-refractivity contribution in [1.82, 2.24) is 19.5 Å². The summed E-state index contributed by atoms with van der Waals surface area (Å²) in [5.41, 5.74) is 9.89. The van der Waals surface area contributed by atoms with E-state index in [0.29, 0.717) is 17.5 Å². The zero-order valence-corrected chi connectivity index (χ0v) is 33.3. The zero-order chi connectivity index (χ0) is 40.7. The van der Waals surface area contributed by atoms with Gasteiger partial charge in [0.1, 0.15) is 11.2 Å². The van der Waals surface area contributed by atoms with Gasteiger partial charge in [0, 0.05) is 43.9 Å². The predicted molar refractivity (Wildman–Crippen MR) is 256 cm³/mol. The summed E-state index contributed by atoms with van der Waals surface area (Å²) in [5, 5.41) is 11.4. The van der Waals surface area contributed by atoms with E-state index in [1.54, 1.807) is 0 Å². The first-order chi connectivity index (χ1) is 30.7. The number of hydrogen-bond donors (Lipinski definition) is 0. The summed E-state index contributed by atoms with van der Waals surface area (Å²) in [6, 6.07) is 72.9. The lowest BCUT2D eigenvalue weighted by atomic mass is 9.96. The fraction of sp³-hybridized carbons (Fsp3) is 0. The summed E-state index contributed by atoms with van der Waals surface area (Å²) >= 11 is 0. The number of nitrogens with zero attached hydrogens (tertiary/aromatic N) is 4. The quantitative estimate of drug-likeness (QED) is 0.174. The minimum atomic E-state index is 0.595. The molecule has 3 heterocycles. The Labute approximate surface area is 355 Å². The fourth-order valence-electron chi connectivity index (χ4n) is 9.51. The van der Waals surface area contributed by atoms with E-state index in [4.69, 9.17) is 19.4 Å². The summed E-state index contributed by atoms with van der Waals surface area (Å²) in [4.78, 5) is 16.1. The van der Waals surface area contributed by atoms with Crippen LogP contribution in [-0.4, -0.2) is 19.5 Å². The van der Waals surface area contributed by atoms with Gasteiger partial charge >= 0.3 is 0 Å². The van der Waals surface area contributed by atoms with Crippen molar-refractivity contribution in [3.8, 4) is 51.0 Å². The van der Waals surface area contributed by atoms with Crippen LogP contribution in [0.5, 0.6) is 0 Å².